The Bertz CT molecular complexity index is 1310. The number of carbonyl (C=O) groups excluding carboxylic acids is 1. The molecular weight excluding hydrogens is 397 g/mol. The number of fused-ring (bicyclic) bond motifs is 1. The first-order chi connectivity index (χ1) is 13.9. The lowest BCUT2D eigenvalue weighted by molar-refractivity contribution is -0.117. The number of hydrogen-bond donors (Lipinski definition) is 2. The number of halogens is 3. The minimum absolute atomic E-state index is 0. The van der Waals surface area contributed by atoms with Gasteiger partial charge in [-0.05, 0) is 35.9 Å². The van der Waals surface area contributed by atoms with Gasteiger partial charge in [-0.2, -0.15) is 5.10 Å². The molecule has 154 valence electrons. The third kappa shape index (κ3) is 3.45. The topological polar surface area (TPSA) is 93.8 Å². The second-order valence-corrected chi connectivity index (χ2v) is 6.35. The van der Waals surface area contributed by atoms with Crippen molar-refractivity contribution in [1.82, 2.24) is 14.8 Å². The SMILES string of the molecule is C.NC(=O)Cc1ccc(F)c(-c2nn(-c3c(F)cccc3F)c3cc[nH]c(=O)c23)c1. The molecule has 3 N–H and O–H groups in total. The monoisotopic (exact) mass is 414 g/mol. The Hall–Kier alpha value is -3.88. The average molecular weight is 414 g/mol. The predicted octanol–water partition coefficient (Wildman–Crippen LogP) is 3.46. The van der Waals surface area contributed by atoms with Gasteiger partial charge in [-0.1, -0.05) is 19.6 Å². The lowest BCUT2D eigenvalue weighted by Crippen LogP contribution is -2.13. The second kappa shape index (κ2) is 7.86. The minimum atomic E-state index is -0.899. The van der Waals surface area contributed by atoms with Crippen molar-refractivity contribution in [2.45, 2.75) is 13.8 Å². The molecule has 0 aliphatic heterocycles. The van der Waals surface area contributed by atoms with Crippen molar-refractivity contribution in [3.63, 3.8) is 0 Å². The zero-order chi connectivity index (χ0) is 20.7. The number of benzene rings is 2. The number of nitrogens with two attached hydrogens (primary N) is 1. The molecule has 0 saturated heterocycles. The van der Waals surface area contributed by atoms with Crippen molar-refractivity contribution >= 4 is 16.8 Å². The Morgan fingerprint density at radius 3 is 2.43 bits per heavy atom. The summed E-state index contributed by atoms with van der Waals surface area (Å²) in [4.78, 5) is 26.1. The van der Waals surface area contributed by atoms with E-state index in [9.17, 15) is 22.8 Å². The lowest BCUT2D eigenvalue weighted by atomic mass is 10.0. The highest BCUT2D eigenvalue weighted by atomic mass is 19.1. The summed E-state index contributed by atoms with van der Waals surface area (Å²) in [6.45, 7) is 0. The van der Waals surface area contributed by atoms with Crippen LogP contribution in [-0.2, 0) is 11.2 Å². The molecule has 2 heterocycles. The molecule has 0 spiro atoms. The number of aromatic amines is 1. The molecular formula is C21H17F3N4O2. The van der Waals surface area contributed by atoms with E-state index in [-0.39, 0.29) is 36.0 Å². The van der Waals surface area contributed by atoms with Gasteiger partial charge in [0.05, 0.1) is 17.3 Å². The van der Waals surface area contributed by atoms with Crippen LogP contribution in [0.25, 0.3) is 27.8 Å². The molecule has 0 atom stereocenters. The number of primary amides is 1. The van der Waals surface area contributed by atoms with Crippen LogP contribution < -0.4 is 11.3 Å². The van der Waals surface area contributed by atoms with Crippen molar-refractivity contribution < 1.29 is 18.0 Å². The van der Waals surface area contributed by atoms with Crippen LogP contribution in [-0.4, -0.2) is 20.7 Å². The Morgan fingerprint density at radius 1 is 1.07 bits per heavy atom. The van der Waals surface area contributed by atoms with Gasteiger partial charge in [-0.25, -0.2) is 17.9 Å². The lowest BCUT2D eigenvalue weighted by Gasteiger charge is -2.06. The highest BCUT2D eigenvalue weighted by Crippen LogP contribution is 2.31. The van der Waals surface area contributed by atoms with Gasteiger partial charge < -0.3 is 10.7 Å². The first-order valence-electron chi connectivity index (χ1n) is 8.48. The highest BCUT2D eigenvalue weighted by Gasteiger charge is 2.22. The fraction of sp³-hybridized carbons (Fsp3) is 0.0952. The van der Waals surface area contributed by atoms with Crippen LogP contribution >= 0.6 is 0 Å². The number of para-hydroxylation sites is 1. The normalized spacial score (nSPS) is 10.8. The van der Waals surface area contributed by atoms with Gasteiger partial charge in [0.15, 0.2) is 11.6 Å². The smallest absolute Gasteiger partial charge is 0.259 e. The van der Waals surface area contributed by atoms with E-state index in [1.165, 1.54) is 30.5 Å². The number of amides is 1. The summed E-state index contributed by atoms with van der Waals surface area (Å²) in [5.41, 5.74) is 4.36. The summed E-state index contributed by atoms with van der Waals surface area (Å²) in [6, 6.07) is 8.52. The molecule has 30 heavy (non-hydrogen) atoms. The zero-order valence-electron chi connectivity index (χ0n) is 14.7. The third-order valence-electron chi connectivity index (χ3n) is 4.42. The van der Waals surface area contributed by atoms with Crippen molar-refractivity contribution in [2.75, 3.05) is 0 Å². The van der Waals surface area contributed by atoms with Gasteiger partial charge in [-0.3, -0.25) is 9.59 Å². The molecule has 0 unspecified atom stereocenters. The Balaban J connectivity index is 0.00000256. The van der Waals surface area contributed by atoms with Crippen LogP contribution in [0, 0.1) is 17.5 Å². The fourth-order valence-electron chi connectivity index (χ4n) is 3.19. The number of pyridine rings is 1. The van der Waals surface area contributed by atoms with Crippen LogP contribution in [0.3, 0.4) is 0 Å². The summed E-state index contributed by atoms with van der Waals surface area (Å²) in [6.07, 6.45) is 1.15. The van der Waals surface area contributed by atoms with E-state index in [1.807, 2.05) is 0 Å². The third-order valence-corrected chi connectivity index (χ3v) is 4.42. The maximum atomic E-state index is 14.6. The summed E-state index contributed by atoms with van der Waals surface area (Å²) in [5.74, 6) is -3.14. The molecule has 4 aromatic rings. The van der Waals surface area contributed by atoms with E-state index < -0.39 is 34.6 Å². The number of rotatable bonds is 4. The number of H-pyrrole nitrogens is 1. The summed E-state index contributed by atoms with van der Waals surface area (Å²) >= 11 is 0. The second-order valence-electron chi connectivity index (χ2n) is 6.35. The van der Waals surface area contributed by atoms with Crippen LogP contribution in [0.1, 0.15) is 13.0 Å². The van der Waals surface area contributed by atoms with Gasteiger partial charge in [-0.15, -0.1) is 0 Å². The maximum Gasteiger partial charge on any atom is 0.259 e. The van der Waals surface area contributed by atoms with E-state index in [4.69, 9.17) is 5.73 Å². The maximum absolute atomic E-state index is 14.6. The summed E-state index contributed by atoms with van der Waals surface area (Å²) < 4.78 is 44.2. The molecule has 0 saturated carbocycles. The summed E-state index contributed by atoms with van der Waals surface area (Å²) in [7, 11) is 0. The van der Waals surface area contributed by atoms with E-state index in [0.717, 1.165) is 22.9 Å². The molecule has 1 amide bonds. The molecule has 0 aliphatic carbocycles. The fourth-order valence-corrected chi connectivity index (χ4v) is 3.19. The largest absolute Gasteiger partial charge is 0.369 e. The molecule has 2 aromatic carbocycles. The Labute approximate surface area is 168 Å². The van der Waals surface area contributed by atoms with Crippen LogP contribution in [0.15, 0.2) is 53.5 Å². The van der Waals surface area contributed by atoms with Crippen LogP contribution in [0.5, 0.6) is 0 Å². The minimum Gasteiger partial charge on any atom is -0.369 e. The number of hydrogen-bond acceptors (Lipinski definition) is 3. The molecule has 4 rings (SSSR count). The number of carbonyl (C=O) groups is 1. The van der Waals surface area contributed by atoms with Gasteiger partial charge >= 0.3 is 0 Å². The van der Waals surface area contributed by atoms with Crippen LogP contribution in [0.4, 0.5) is 13.2 Å². The molecule has 2 aromatic heterocycles. The van der Waals surface area contributed by atoms with E-state index in [2.05, 4.69) is 10.1 Å². The van der Waals surface area contributed by atoms with Gasteiger partial charge in [0, 0.05) is 11.8 Å². The van der Waals surface area contributed by atoms with Crippen molar-refractivity contribution in [3.05, 3.63) is 82.0 Å². The van der Waals surface area contributed by atoms with Crippen molar-refractivity contribution in [2.24, 2.45) is 5.73 Å². The first-order valence-corrected chi connectivity index (χ1v) is 8.48. The van der Waals surface area contributed by atoms with Gasteiger partial charge in [0.2, 0.25) is 5.91 Å². The number of aromatic nitrogens is 3. The molecule has 9 heteroatoms. The summed E-state index contributed by atoms with van der Waals surface area (Å²) in [5, 5.41) is 4.10. The average Bonchev–Trinajstić information content (AvgIpc) is 3.03. The molecule has 6 nitrogen and oxygen atoms in total. The molecule has 0 bridgehead atoms. The van der Waals surface area contributed by atoms with Crippen LogP contribution in [0.2, 0.25) is 0 Å². The number of nitrogens with zero attached hydrogens (tertiary/aromatic N) is 2. The predicted molar refractivity (Wildman–Crippen MR) is 107 cm³/mol. The van der Waals surface area contributed by atoms with E-state index in [0.29, 0.717) is 5.56 Å². The molecule has 0 radical (unpaired) electrons. The van der Waals surface area contributed by atoms with Crippen molar-refractivity contribution in [1.29, 1.82) is 0 Å². The first kappa shape index (κ1) is 20.8. The Morgan fingerprint density at radius 2 is 1.77 bits per heavy atom. The standard InChI is InChI=1S/C20H13F3N4O2.CH4/c21-12-5-4-10(9-16(24)28)8-11(12)18-17-15(6-7-25-20(17)29)27(26-18)19-13(22)2-1-3-14(19)23;/h1-8H,9H2,(H2,24,28)(H,25,29);1H4. The molecule has 0 aliphatic rings. The quantitative estimate of drug-likeness (QED) is 0.536. The number of nitrogens with one attached hydrogen (secondary N) is 1. The van der Waals surface area contributed by atoms with E-state index in [1.54, 1.807) is 0 Å². The van der Waals surface area contributed by atoms with Crippen molar-refractivity contribution in [3.8, 4) is 16.9 Å². The van der Waals surface area contributed by atoms with E-state index >= 15 is 0 Å². The zero-order valence-corrected chi connectivity index (χ0v) is 14.7. The van der Waals surface area contributed by atoms with Gasteiger partial charge in [0.25, 0.3) is 5.56 Å². The molecule has 0 fully saturated rings. The highest BCUT2D eigenvalue weighted by molar-refractivity contribution is 5.94. The Kier molecular flexibility index (Phi) is 5.46. The van der Waals surface area contributed by atoms with Gasteiger partial charge in [0.1, 0.15) is 17.2 Å².